The number of ether oxygens (including phenoxy) is 1. The fraction of sp³-hybridized carbons (Fsp3) is 0.263. The van der Waals surface area contributed by atoms with Crippen LogP contribution in [0, 0.1) is 20.8 Å². The molecule has 0 atom stereocenters. The van der Waals surface area contributed by atoms with Gasteiger partial charge in [0.25, 0.3) is 0 Å². The van der Waals surface area contributed by atoms with E-state index in [1.54, 1.807) is 31.2 Å². The number of hydrogen-bond acceptors (Lipinski definition) is 3. The molecule has 0 bridgehead atoms. The summed E-state index contributed by atoms with van der Waals surface area (Å²) < 4.78 is 4.98. The van der Waals surface area contributed by atoms with Crippen molar-refractivity contribution < 1.29 is 14.3 Å². The van der Waals surface area contributed by atoms with Gasteiger partial charge in [-0.25, -0.2) is 4.79 Å². The lowest BCUT2D eigenvalue weighted by Crippen LogP contribution is -2.09. The van der Waals surface area contributed by atoms with Crippen LogP contribution in [0.3, 0.4) is 0 Å². The first-order valence-electron chi connectivity index (χ1n) is 7.33. The summed E-state index contributed by atoms with van der Waals surface area (Å²) in [5, 5.41) is 0. The molecule has 0 radical (unpaired) electrons. The van der Waals surface area contributed by atoms with Crippen molar-refractivity contribution in [3.63, 3.8) is 0 Å². The van der Waals surface area contributed by atoms with Crippen molar-refractivity contribution >= 4 is 11.8 Å². The van der Waals surface area contributed by atoms with Crippen LogP contribution >= 0.6 is 0 Å². The van der Waals surface area contributed by atoms with Crippen LogP contribution < -0.4 is 0 Å². The maximum Gasteiger partial charge on any atom is 0.338 e. The molecule has 0 N–H and O–H groups in total. The highest BCUT2D eigenvalue weighted by atomic mass is 16.5. The molecule has 0 saturated carbocycles. The Bertz CT molecular complexity index is 706. The molecule has 3 nitrogen and oxygen atoms in total. The largest absolute Gasteiger partial charge is 0.462 e. The van der Waals surface area contributed by atoms with Gasteiger partial charge in [0.2, 0.25) is 0 Å². The average Bonchev–Trinajstić information content (AvgIpc) is 2.46. The lowest BCUT2D eigenvalue weighted by atomic mass is 9.92. The lowest BCUT2D eigenvalue weighted by molar-refractivity contribution is 0.0526. The van der Waals surface area contributed by atoms with Crippen LogP contribution in [0.4, 0.5) is 0 Å². The van der Waals surface area contributed by atoms with E-state index in [9.17, 15) is 9.59 Å². The number of hydrogen-bond donors (Lipinski definition) is 0. The van der Waals surface area contributed by atoms with E-state index in [0.717, 1.165) is 16.7 Å². The van der Waals surface area contributed by atoms with Gasteiger partial charge in [-0.05, 0) is 51.0 Å². The van der Waals surface area contributed by atoms with Crippen LogP contribution in [0.1, 0.15) is 49.9 Å². The normalized spacial score (nSPS) is 10.4. The number of aryl methyl sites for hydroxylation is 3. The van der Waals surface area contributed by atoms with Crippen molar-refractivity contribution in [2.45, 2.75) is 27.7 Å². The molecule has 0 aromatic heterocycles. The van der Waals surface area contributed by atoms with E-state index in [4.69, 9.17) is 4.74 Å². The molecule has 0 amide bonds. The van der Waals surface area contributed by atoms with Crippen molar-refractivity contribution in [2.75, 3.05) is 6.61 Å². The van der Waals surface area contributed by atoms with Crippen molar-refractivity contribution in [3.05, 3.63) is 69.8 Å². The van der Waals surface area contributed by atoms with E-state index in [2.05, 4.69) is 0 Å². The predicted octanol–water partition coefficient (Wildman–Crippen LogP) is 4.02. The predicted molar refractivity (Wildman–Crippen MR) is 86.5 cm³/mol. The standard InChI is InChI=1S/C19H20O3/c1-5-22-19(21)16-8-6-7-15(11-16)18(20)17-13(3)9-12(2)10-14(17)4/h6-11H,5H2,1-4H3. The van der Waals surface area contributed by atoms with Gasteiger partial charge < -0.3 is 4.74 Å². The van der Waals surface area contributed by atoms with Gasteiger partial charge in [-0.15, -0.1) is 0 Å². The number of carbonyl (C=O) groups excluding carboxylic acids is 2. The smallest absolute Gasteiger partial charge is 0.338 e. The van der Waals surface area contributed by atoms with Crippen molar-refractivity contribution in [3.8, 4) is 0 Å². The maximum absolute atomic E-state index is 12.8. The second kappa shape index (κ2) is 6.56. The molecular formula is C19H20O3. The van der Waals surface area contributed by atoms with Crippen molar-refractivity contribution in [1.82, 2.24) is 0 Å². The summed E-state index contributed by atoms with van der Waals surface area (Å²) in [6.07, 6.45) is 0. The summed E-state index contributed by atoms with van der Waals surface area (Å²) in [7, 11) is 0. The second-order valence-electron chi connectivity index (χ2n) is 5.40. The van der Waals surface area contributed by atoms with Crippen LogP contribution in [0.25, 0.3) is 0 Å². The van der Waals surface area contributed by atoms with Gasteiger partial charge in [-0.2, -0.15) is 0 Å². The first kappa shape index (κ1) is 16.0. The average molecular weight is 296 g/mol. The van der Waals surface area contributed by atoms with Gasteiger partial charge in [-0.1, -0.05) is 29.8 Å². The highest BCUT2D eigenvalue weighted by molar-refractivity contribution is 6.11. The summed E-state index contributed by atoms with van der Waals surface area (Å²) in [4.78, 5) is 24.6. The molecule has 0 saturated heterocycles. The summed E-state index contributed by atoms with van der Waals surface area (Å²) in [6, 6.07) is 10.7. The summed E-state index contributed by atoms with van der Waals surface area (Å²) >= 11 is 0. The molecular weight excluding hydrogens is 276 g/mol. The molecule has 0 unspecified atom stereocenters. The molecule has 0 aliphatic rings. The Morgan fingerprint density at radius 1 is 0.955 bits per heavy atom. The Kier molecular flexibility index (Phi) is 4.76. The summed E-state index contributed by atoms with van der Waals surface area (Å²) in [5.74, 6) is -0.476. The number of rotatable bonds is 4. The summed E-state index contributed by atoms with van der Waals surface area (Å²) in [5.41, 5.74) is 4.63. The van der Waals surface area contributed by atoms with E-state index < -0.39 is 5.97 Å². The highest BCUT2D eigenvalue weighted by Gasteiger charge is 2.16. The number of ketones is 1. The SMILES string of the molecule is CCOC(=O)c1cccc(C(=O)c2c(C)cc(C)cc2C)c1. The zero-order valence-electron chi connectivity index (χ0n) is 13.4. The second-order valence-corrected chi connectivity index (χ2v) is 5.40. The quantitative estimate of drug-likeness (QED) is 0.632. The van der Waals surface area contributed by atoms with E-state index in [1.165, 1.54) is 0 Å². The van der Waals surface area contributed by atoms with Gasteiger partial charge in [0.05, 0.1) is 12.2 Å². The van der Waals surface area contributed by atoms with Gasteiger partial charge >= 0.3 is 5.97 Å². The van der Waals surface area contributed by atoms with Gasteiger partial charge in [0.15, 0.2) is 5.78 Å². The van der Waals surface area contributed by atoms with Crippen LogP contribution in [-0.2, 0) is 4.74 Å². The van der Waals surface area contributed by atoms with Crippen LogP contribution in [-0.4, -0.2) is 18.4 Å². The van der Waals surface area contributed by atoms with Crippen LogP contribution in [0.5, 0.6) is 0 Å². The molecule has 2 aromatic carbocycles. The minimum absolute atomic E-state index is 0.0684. The van der Waals surface area contributed by atoms with Crippen LogP contribution in [0.2, 0.25) is 0 Å². The third kappa shape index (κ3) is 3.25. The molecule has 0 heterocycles. The van der Waals surface area contributed by atoms with Gasteiger partial charge in [-0.3, -0.25) is 4.79 Å². The number of carbonyl (C=O) groups is 2. The Hall–Kier alpha value is -2.42. The van der Waals surface area contributed by atoms with E-state index in [-0.39, 0.29) is 5.78 Å². The Morgan fingerprint density at radius 3 is 2.14 bits per heavy atom. The topological polar surface area (TPSA) is 43.4 Å². The fourth-order valence-corrected chi connectivity index (χ4v) is 2.68. The number of benzene rings is 2. The maximum atomic E-state index is 12.8. The molecule has 2 rings (SSSR count). The Balaban J connectivity index is 2.43. The highest BCUT2D eigenvalue weighted by Crippen LogP contribution is 2.21. The third-order valence-electron chi connectivity index (χ3n) is 3.54. The van der Waals surface area contributed by atoms with Crippen molar-refractivity contribution in [2.24, 2.45) is 0 Å². The molecule has 0 fully saturated rings. The first-order valence-corrected chi connectivity index (χ1v) is 7.33. The molecule has 22 heavy (non-hydrogen) atoms. The molecule has 3 heteroatoms. The monoisotopic (exact) mass is 296 g/mol. The molecule has 0 spiro atoms. The zero-order valence-corrected chi connectivity index (χ0v) is 13.4. The van der Waals surface area contributed by atoms with E-state index >= 15 is 0 Å². The third-order valence-corrected chi connectivity index (χ3v) is 3.54. The van der Waals surface area contributed by atoms with Crippen LogP contribution in [0.15, 0.2) is 36.4 Å². The minimum atomic E-state index is -0.408. The Labute approximate surface area is 130 Å². The molecule has 2 aromatic rings. The number of esters is 1. The first-order chi connectivity index (χ1) is 10.4. The fourth-order valence-electron chi connectivity index (χ4n) is 2.68. The van der Waals surface area contributed by atoms with E-state index in [1.807, 2.05) is 32.9 Å². The summed E-state index contributed by atoms with van der Waals surface area (Å²) in [6.45, 7) is 7.94. The van der Waals surface area contributed by atoms with Crippen molar-refractivity contribution in [1.29, 1.82) is 0 Å². The molecule has 114 valence electrons. The van der Waals surface area contributed by atoms with E-state index in [0.29, 0.717) is 23.3 Å². The van der Waals surface area contributed by atoms with Gasteiger partial charge in [0, 0.05) is 11.1 Å². The molecule has 0 aliphatic carbocycles. The minimum Gasteiger partial charge on any atom is -0.462 e. The molecule has 0 aliphatic heterocycles. The Morgan fingerprint density at radius 2 is 1.55 bits per heavy atom. The lowest BCUT2D eigenvalue weighted by Gasteiger charge is -2.11. The zero-order chi connectivity index (χ0) is 16.3. The van der Waals surface area contributed by atoms with Gasteiger partial charge in [0.1, 0.15) is 0 Å².